The maximum atomic E-state index is 12.7. The number of piperidine rings is 1. The number of hydrogen-bond donors (Lipinski definition) is 0. The molecule has 2 saturated heterocycles. The quantitative estimate of drug-likeness (QED) is 0.797. The number of likely N-dealkylation sites (tertiary alicyclic amines) is 1. The van der Waals surface area contributed by atoms with Gasteiger partial charge in [-0.1, -0.05) is 0 Å². The summed E-state index contributed by atoms with van der Waals surface area (Å²) in [4.78, 5) is 41.7. The number of hydrogen-bond acceptors (Lipinski definition) is 5. The topological polar surface area (TPSA) is 83.3 Å². The first-order valence-corrected chi connectivity index (χ1v) is 8.54. The number of nitrogens with zero attached hydrogens (tertiary/aromatic N) is 3. The number of furan rings is 1. The van der Waals surface area contributed by atoms with Crippen molar-refractivity contribution in [1.29, 1.82) is 0 Å². The molecule has 3 amide bonds. The van der Waals surface area contributed by atoms with E-state index in [-0.39, 0.29) is 23.8 Å². The van der Waals surface area contributed by atoms with Crippen molar-refractivity contribution in [2.45, 2.75) is 12.8 Å². The van der Waals surface area contributed by atoms with E-state index in [1.54, 1.807) is 26.8 Å². The first-order valence-electron chi connectivity index (χ1n) is 8.54. The summed E-state index contributed by atoms with van der Waals surface area (Å²) in [6.07, 6.45) is 2.66. The van der Waals surface area contributed by atoms with Gasteiger partial charge in [0.25, 0.3) is 5.91 Å². The molecule has 1 atom stereocenters. The highest BCUT2D eigenvalue weighted by atomic mass is 16.5. The molecule has 1 aromatic rings. The Hall–Kier alpha value is -2.51. The summed E-state index contributed by atoms with van der Waals surface area (Å²) in [6.45, 7) is 3.00. The molecule has 2 aliphatic rings. The monoisotopic (exact) mass is 349 g/mol. The summed E-state index contributed by atoms with van der Waals surface area (Å²) in [7, 11) is 1.35. The molecule has 3 heterocycles. The Morgan fingerprint density at radius 2 is 1.80 bits per heavy atom. The number of piperazine rings is 1. The average molecular weight is 349 g/mol. The molecule has 1 unspecified atom stereocenters. The van der Waals surface area contributed by atoms with Gasteiger partial charge in [0.05, 0.1) is 19.3 Å². The number of amides is 3. The van der Waals surface area contributed by atoms with Crippen LogP contribution >= 0.6 is 0 Å². The van der Waals surface area contributed by atoms with Gasteiger partial charge in [0, 0.05) is 39.3 Å². The van der Waals surface area contributed by atoms with Crippen LogP contribution in [0.25, 0.3) is 0 Å². The van der Waals surface area contributed by atoms with Crippen molar-refractivity contribution in [3.63, 3.8) is 0 Å². The number of ether oxygens (including phenoxy) is 1. The third-order valence-electron chi connectivity index (χ3n) is 4.81. The van der Waals surface area contributed by atoms with E-state index in [0.29, 0.717) is 45.0 Å². The molecule has 0 aliphatic carbocycles. The van der Waals surface area contributed by atoms with E-state index >= 15 is 0 Å². The van der Waals surface area contributed by atoms with E-state index in [0.717, 1.165) is 12.8 Å². The minimum absolute atomic E-state index is 0.0544. The van der Waals surface area contributed by atoms with E-state index in [4.69, 9.17) is 9.15 Å². The first-order chi connectivity index (χ1) is 12.1. The number of methoxy groups -OCH3 is 1. The van der Waals surface area contributed by atoms with Gasteiger partial charge in [0.15, 0.2) is 5.76 Å². The summed E-state index contributed by atoms with van der Waals surface area (Å²) >= 11 is 0. The molecule has 1 aromatic heterocycles. The summed E-state index contributed by atoms with van der Waals surface area (Å²) in [6, 6.07) is 3.33. The average Bonchev–Trinajstić information content (AvgIpc) is 3.21. The van der Waals surface area contributed by atoms with Crippen LogP contribution in [0.5, 0.6) is 0 Å². The third-order valence-corrected chi connectivity index (χ3v) is 4.81. The zero-order valence-electron chi connectivity index (χ0n) is 14.3. The molecule has 0 radical (unpaired) electrons. The maximum Gasteiger partial charge on any atom is 0.409 e. The van der Waals surface area contributed by atoms with Crippen LogP contribution in [0.4, 0.5) is 4.79 Å². The second-order valence-corrected chi connectivity index (χ2v) is 6.35. The molecular weight excluding hydrogens is 326 g/mol. The van der Waals surface area contributed by atoms with Gasteiger partial charge in [-0.2, -0.15) is 0 Å². The Morgan fingerprint density at radius 1 is 1.08 bits per heavy atom. The molecule has 8 heteroatoms. The molecule has 0 spiro atoms. The summed E-state index contributed by atoms with van der Waals surface area (Å²) in [5.74, 6) is 0.0336. The lowest BCUT2D eigenvalue weighted by Gasteiger charge is -2.38. The Kier molecular flexibility index (Phi) is 5.25. The summed E-state index contributed by atoms with van der Waals surface area (Å²) in [5.41, 5.74) is 0. The summed E-state index contributed by atoms with van der Waals surface area (Å²) < 4.78 is 9.89. The van der Waals surface area contributed by atoms with Crippen molar-refractivity contribution in [3.8, 4) is 0 Å². The lowest BCUT2D eigenvalue weighted by Crippen LogP contribution is -2.54. The van der Waals surface area contributed by atoms with Gasteiger partial charge in [-0.05, 0) is 25.0 Å². The fourth-order valence-corrected chi connectivity index (χ4v) is 3.42. The van der Waals surface area contributed by atoms with Gasteiger partial charge in [-0.3, -0.25) is 9.59 Å². The van der Waals surface area contributed by atoms with Crippen LogP contribution in [-0.2, 0) is 9.53 Å². The van der Waals surface area contributed by atoms with Crippen molar-refractivity contribution in [3.05, 3.63) is 24.2 Å². The highest BCUT2D eigenvalue weighted by Crippen LogP contribution is 2.20. The molecule has 3 rings (SSSR count). The predicted octanol–water partition coefficient (Wildman–Crippen LogP) is 1.04. The zero-order valence-corrected chi connectivity index (χ0v) is 14.3. The van der Waals surface area contributed by atoms with Gasteiger partial charge in [-0.15, -0.1) is 0 Å². The molecule has 0 N–H and O–H groups in total. The van der Waals surface area contributed by atoms with Crippen LogP contribution in [0.15, 0.2) is 22.8 Å². The lowest BCUT2D eigenvalue weighted by atomic mass is 9.96. The van der Waals surface area contributed by atoms with Crippen LogP contribution < -0.4 is 0 Å². The van der Waals surface area contributed by atoms with Crippen molar-refractivity contribution in [2.24, 2.45) is 5.92 Å². The van der Waals surface area contributed by atoms with Gasteiger partial charge in [-0.25, -0.2) is 4.79 Å². The van der Waals surface area contributed by atoms with Crippen LogP contribution in [0.1, 0.15) is 23.4 Å². The highest BCUT2D eigenvalue weighted by molar-refractivity contribution is 5.91. The van der Waals surface area contributed by atoms with Crippen molar-refractivity contribution >= 4 is 17.9 Å². The van der Waals surface area contributed by atoms with E-state index in [9.17, 15) is 14.4 Å². The van der Waals surface area contributed by atoms with Crippen molar-refractivity contribution in [2.75, 3.05) is 46.4 Å². The number of carbonyl (C=O) groups excluding carboxylic acids is 3. The van der Waals surface area contributed by atoms with Crippen LogP contribution in [0.2, 0.25) is 0 Å². The predicted molar refractivity (Wildman–Crippen MR) is 87.9 cm³/mol. The van der Waals surface area contributed by atoms with E-state index in [2.05, 4.69) is 0 Å². The molecule has 136 valence electrons. The molecule has 2 fully saturated rings. The van der Waals surface area contributed by atoms with E-state index in [1.165, 1.54) is 13.4 Å². The second kappa shape index (κ2) is 7.58. The smallest absolute Gasteiger partial charge is 0.409 e. The Labute approximate surface area is 146 Å². The minimum atomic E-state index is -0.383. The second-order valence-electron chi connectivity index (χ2n) is 6.35. The van der Waals surface area contributed by atoms with Crippen molar-refractivity contribution < 1.29 is 23.5 Å². The van der Waals surface area contributed by atoms with E-state index < -0.39 is 0 Å². The Balaban J connectivity index is 1.53. The SMILES string of the molecule is COC(=O)N1CCCC(C(=O)N2CCN(C(=O)c3ccco3)CC2)C1. The minimum Gasteiger partial charge on any atom is -0.459 e. The highest BCUT2D eigenvalue weighted by Gasteiger charge is 2.33. The Morgan fingerprint density at radius 3 is 2.44 bits per heavy atom. The van der Waals surface area contributed by atoms with Crippen LogP contribution in [0, 0.1) is 5.92 Å². The first kappa shape index (κ1) is 17.3. The fourth-order valence-electron chi connectivity index (χ4n) is 3.42. The van der Waals surface area contributed by atoms with Crippen LogP contribution in [-0.4, -0.2) is 79.0 Å². The van der Waals surface area contributed by atoms with E-state index in [1.807, 2.05) is 0 Å². The normalized spacial score (nSPS) is 21.2. The van der Waals surface area contributed by atoms with Crippen molar-refractivity contribution in [1.82, 2.24) is 14.7 Å². The molecular formula is C17H23N3O5. The van der Waals surface area contributed by atoms with Gasteiger partial charge in [0.2, 0.25) is 5.91 Å². The Bertz CT molecular complexity index is 622. The van der Waals surface area contributed by atoms with Crippen LogP contribution in [0.3, 0.4) is 0 Å². The lowest BCUT2D eigenvalue weighted by molar-refractivity contribution is -0.138. The van der Waals surface area contributed by atoms with Gasteiger partial charge < -0.3 is 23.9 Å². The maximum absolute atomic E-state index is 12.7. The zero-order chi connectivity index (χ0) is 17.8. The molecule has 2 aliphatic heterocycles. The molecule has 0 saturated carbocycles. The van der Waals surface area contributed by atoms with Gasteiger partial charge >= 0.3 is 6.09 Å². The summed E-state index contributed by atoms with van der Waals surface area (Å²) in [5, 5.41) is 0. The molecule has 0 aromatic carbocycles. The number of rotatable bonds is 2. The standard InChI is InChI=1S/C17H23N3O5/c1-24-17(23)20-6-2-4-13(12-20)15(21)18-7-9-19(10-8-18)16(22)14-5-3-11-25-14/h3,5,11,13H,2,4,6-10,12H2,1H3. The fraction of sp³-hybridized carbons (Fsp3) is 0.588. The van der Waals surface area contributed by atoms with Gasteiger partial charge in [0.1, 0.15) is 0 Å². The third kappa shape index (κ3) is 3.78. The number of carbonyl (C=O) groups is 3. The molecule has 8 nitrogen and oxygen atoms in total. The largest absolute Gasteiger partial charge is 0.459 e. The molecule has 25 heavy (non-hydrogen) atoms. The molecule has 0 bridgehead atoms.